The van der Waals surface area contributed by atoms with Crippen molar-refractivity contribution in [3.63, 3.8) is 0 Å². The van der Waals surface area contributed by atoms with E-state index in [2.05, 4.69) is 23.2 Å². The molecule has 3 heteroatoms. The lowest BCUT2D eigenvalue weighted by Crippen LogP contribution is -2.36. The van der Waals surface area contributed by atoms with Gasteiger partial charge >= 0.3 is 0 Å². The third kappa shape index (κ3) is 1.56. The molecule has 0 unspecified atom stereocenters. The largest absolute Gasteiger partial charge is 0.462 e. The van der Waals surface area contributed by atoms with Crippen LogP contribution >= 0.6 is 0 Å². The van der Waals surface area contributed by atoms with Crippen molar-refractivity contribution in [1.29, 1.82) is 0 Å². The molecule has 110 valence electrons. The first-order chi connectivity index (χ1) is 11.4. The molecule has 5 rings (SSSR count). The number of ether oxygens (including phenoxy) is 2. The molecular weight excluding hydrogens is 286 g/mol. The van der Waals surface area contributed by atoms with Crippen LogP contribution in [0.5, 0.6) is 11.5 Å². The monoisotopic (exact) mass is 299 g/mol. The third-order valence-corrected chi connectivity index (χ3v) is 4.46. The number of nitrogens with zero attached hydrogens (tertiary/aromatic N) is 1. The Bertz CT molecular complexity index is 900. The summed E-state index contributed by atoms with van der Waals surface area (Å²) < 4.78 is 12.3. The lowest BCUT2D eigenvalue weighted by molar-refractivity contribution is 0.133. The fourth-order valence-corrected chi connectivity index (χ4v) is 3.48. The van der Waals surface area contributed by atoms with Gasteiger partial charge < -0.3 is 9.47 Å². The maximum Gasteiger partial charge on any atom is 0.195 e. The third-order valence-electron chi connectivity index (χ3n) is 4.46. The number of hydrogen-bond acceptors (Lipinski definition) is 3. The van der Waals surface area contributed by atoms with Crippen LogP contribution < -0.4 is 4.74 Å². The van der Waals surface area contributed by atoms with Crippen molar-refractivity contribution < 1.29 is 9.47 Å². The Hall–Kier alpha value is -3.07. The summed E-state index contributed by atoms with van der Waals surface area (Å²) in [6.07, 6.45) is 1.54. The zero-order valence-electron chi connectivity index (χ0n) is 12.3. The predicted molar refractivity (Wildman–Crippen MR) is 88.5 cm³/mol. The van der Waals surface area contributed by atoms with Crippen LogP contribution in [0.4, 0.5) is 5.69 Å². The highest BCUT2D eigenvalue weighted by Crippen LogP contribution is 2.54. The van der Waals surface area contributed by atoms with Gasteiger partial charge in [-0.2, -0.15) is 0 Å². The second-order valence-electron chi connectivity index (χ2n) is 5.65. The van der Waals surface area contributed by atoms with E-state index in [0.29, 0.717) is 0 Å². The smallest absolute Gasteiger partial charge is 0.195 e. The molecule has 0 radical (unpaired) electrons. The summed E-state index contributed by atoms with van der Waals surface area (Å²) in [5, 5.41) is 0. The van der Waals surface area contributed by atoms with Gasteiger partial charge in [0.2, 0.25) is 0 Å². The average molecular weight is 299 g/mol. The summed E-state index contributed by atoms with van der Waals surface area (Å²) in [6, 6.07) is 24.1. The van der Waals surface area contributed by atoms with Gasteiger partial charge in [-0.1, -0.05) is 54.6 Å². The SMILES string of the molecule is C1=Nc2ccccc2C2(O1)c1ccccc1Oc1ccccc12. The van der Waals surface area contributed by atoms with Gasteiger partial charge in [0.05, 0.1) is 5.69 Å². The van der Waals surface area contributed by atoms with E-state index < -0.39 is 5.60 Å². The molecule has 0 N–H and O–H groups in total. The van der Waals surface area contributed by atoms with Crippen LogP contribution in [0.2, 0.25) is 0 Å². The summed E-state index contributed by atoms with van der Waals surface area (Å²) in [7, 11) is 0. The van der Waals surface area contributed by atoms with Gasteiger partial charge in [0, 0.05) is 16.7 Å². The van der Waals surface area contributed by atoms with Crippen LogP contribution in [0.25, 0.3) is 0 Å². The fourth-order valence-electron chi connectivity index (χ4n) is 3.48. The second-order valence-corrected chi connectivity index (χ2v) is 5.65. The average Bonchev–Trinajstić information content (AvgIpc) is 2.62. The number of rotatable bonds is 0. The van der Waals surface area contributed by atoms with Crippen molar-refractivity contribution >= 4 is 12.1 Å². The van der Waals surface area contributed by atoms with Crippen LogP contribution in [0.15, 0.2) is 77.8 Å². The van der Waals surface area contributed by atoms with Crippen molar-refractivity contribution in [3.05, 3.63) is 89.5 Å². The van der Waals surface area contributed by atoms with Gasteiger partial charge in [-0.05, 0) is 18.2 Å². The molecule has 2 heterocycles. The Morgan fingerprint density at radius 3 is 1.91 bits per heavy atom. The maximum absolute atomic E-state index is 6.21. The molecule has 2 aliphatic heterocycles. The van der Waals surface area contributed by atoms with Crippen molar-refractivity contribution in [2.45, 2.75) is 5.60 Å². The topological polar surface area (TPSA) is 30.8 Å². The summed E-state index contributed by atoms with van der Waals surface area (Å²) >= 11 is 0. The fraction of sp³-hybridized carbons (Fsp3) is 0.0500. The molecule has 3 aromatic rings. The molecule has 0 amide bonds. The lowest BCUT2D eigenvalue weighted by Gasteiger charge is -2.41. The number of fused-ring (bicyclic) bond motifs is 6. The number of aliphatic imine (C=N–C) groups is 1. The molecule has 0 aliphatic carbocycles. The molecule has 1 spiro atoms. The predicted octanol–water partition coefficient (Wildman–Crippen LogP) is 4.77. The van der Waals surface area contributed by atoms with Crippen LogP contribution in [0.1, 0.15) is 16.7 Å². The molecular formula is C20H13NO2. The summed E-state index contributed by atoms with van der Waals surface area (Å²) in [5.41, 5.74) is 3.23. The minimum absolute atomic E-state index is 0.718. The van der Waals surface area contributed by atoms with E-state index in [-0.39, 0.29) is 0 Å². The molecule has 2 aliphatic rings. The Kier molecular flexibility index (Phi) is 2.42. The zero-order chi connectivity index (χ0) is 15.3. The van der Waals surface area contributed by atoms with Crippen molar-refractivity contribution in [2.75, 3.05) is 0 Å². The van der Waals surface area contributed by atoms with Crippen molar-refractivity contribution in [3.8, 4) is 11.5 Å². The van der Waals surface area contributed by atoms with E-state index >= 15 is 0 Å². The first kappa shape index (κ1) is 12.5. The van der Waals surface area contributed by atoms with Gasteiger partial charge in [-0.15, -0.1) is 0 Å². The van der Waals surface area contributed by atoms with Crippen molar-refractivity contribution in [2.24, 2.45) is 4.99 Å². The zero-order valence-corrected chi connectivity index (χ0v) is 12.3. The Morgan fingerprint density at radius 1 is 0.652 bits per heavy atom. The molecule has 0 atom stereocenters. The minimum atomic E-state index is -0.718. The number of para-hydroxylation sites is 3. The molecule has 0 aromatic heterocycles. The van der Waals surface area contributed by atoms with Crippen LogP contribution in [-0.2, 0) is 10.3 Å². The Morgan fingerprint density at radius 2 is 1.22 bits per heavy atom. The Labute approximate surface area is 133 Å². The molecule has 23 heavy (non-hydrogen) atoms. The summed E-state index contributed by atoms with van der Waals surface area (Å²) in [6.45, 7) is 0. The molecule has 0 bridgehead atoms. The highest BCUT2D eigenvalue weighted by Gasteiger charge is 2.47. The van der Waals surface area contributed by atoms with Gasteiger partial charge in [0.25, 0.3) is 0 Å². The minimum Gasteiger partial charge on any atom is -0.462 e. The van der Waals surface area contributed by atoms with E-state index in [1.54, 1.807) is 6.40 Å². The summed E-state index contributed by atoms with van der Waals surface area (Å²) in [5.74, 6) is 1.63. The number of benzene rings is 3. The van der Waals surface area contributed by atoms with Crippen LogP contribution in [0, 0.1) is 0 Å². The van der Waals surface area contributed by atoms with Gasteiger partial charge in [-0.25, -0.2) is 4.99 Å². The molecule has 3 aromatic carbocycles. The highest BCUT2D eigenvalue weighted by atomic mass is 16.5. The maximum atomic E-state index is 6.21. The molecule has 3 nitrogen and oxygen atoms in total. The quantitative estimate of drug-likeness (QED) is 0.598. The van der Waals surface area contributed by atoms with E-state index in [4.69, 9.17) is 9.47 Å². The normalized spacial score (nSPS) is 15.8. The summed E-state index contributed by atoms with van der Waals surface area (Å²) in [4.78, 5) is 4.40. The van der Waals surface area contributed by atoms with Crippen LogP contribution in [-0.4, -0.2) is 6.40 Å². The van der Waals surface area contributed by atoms with E-state index in [9.17, 15) is 0 Å². The molecule has 0 saturated heterocycles. The van der Waals surface area contributed by atoms with E-state index in [1.165, 1.54) is 0 Å². The second kappa shape index (κ2) is 4.46. The Balaban J connectivity index is 1.92. The number of hydrogen-bond donors (Lipinski definition) is 0. The lowest BCUT2D eigenvalue weighted by atomic mass is 9.77. The van der Waals surface area contributed by atoms with Gasteiger partial charge in [0.1, 0.15) is 11.5 Å². The van der Waals surface area contributed by atoms with E-state index in [0.717, 1.165) is 33.9 Å². The van der Waals surface area contributed by atoms with Crippen molar-refractivity contribution in [1.82, 2.24) is 0 Å². The highest BCUT2D eigenvalue weighted by molar-refractivity contribution is 5.73. The van der Waals surface area contributed by atoms with Gasteiger partial charge in [-0.3, -0.25) is 0 Å². The molecule has 0 fully saturated rings. The first-order valence-electron chi connectivity index (χ1n) is 7.56. The van der Waals surface area contributed by atoms with Gasteiger partial charge in [0.15, 0.2) is 12.0 Å². The first-order valence-corrected chi connectivity index (χ1v) is 7.56. The standard InChI is InChI=1S/C20H13NO2/c1-4-10-17-14(7-1)20(22-13-21-17)15-8-2-5-11-18(15)23-19-12-6-3-9-16(19)20/h1-13H. The van der Waals surface area contributed by atoms with E-state index in [1.807, 2.05) is 54.6 Å². The molecule has 0 saturated carbocycles. The van der Waals surface area contributed by atoms with Crippen LogP contribution in [0.3, 0.4) is 0 Å².